The van der Waals surface area contributed by atoms with E-state index in [4.69, 9.17) is 9.84 Å². The Morgan fingerprint density at radius 3 is 1.93 bits per heavy atom. The maximum absolute atomic E-state index is 13.1. The summed E-state index contributed by atoms with van der Waals surface area (Å²) in [6, 6.07) is 29.9. The standard InChI is InChI=1S/C36H38FNO5/c37-33-20-16-28(17-21-33)9-8-27-10-12-30(13-11-27)26-43-34-6-2-1-5-31(34)22-24-38(23-4-3-7-35(39)40)25-29-14-18-32(19-15-29)36(41)42/h1-2,5-6,10-21H,3-4,7-9,22-26H2,(H,39,40)(H,41,42). The predicted octanol–water partition coefficient (Wildman–Crippen LogP) is 7.19. The summed E-state index contributed by atoms with van der Waals surface area (Å²) >= 11 is 0. The van der Waals surface area contributed by atoms with Gasteiger partial charge in [0.05, 0.1) is 5.56 Å². The molecule has 0 atom stereocenters. The van der Waals surface area contributed by atoms with Crippen molar-refractivity contribution in [3.63, 3.8) is 0 Å². The van der Waals surface area contributed by atoms with Gasteiger partial charge in [0.2, 0.25) is 0 Å². The van der Waals surface area contributed by atoms with Crippen molar-refractivity contribution in [2.75, 3.05) is 13.1 Å². The summed E-state index contributed by atoms with van der Waals surface area (Å²) in [5.41, 5.74) is 5.76. The first-order valence-electron chi connectivity index (χ1n) is 14.6. The molecule has 0 heterocycles. The average Bonchev–Trinajstić information content (AvgIpc) is 3.01. The first-order valence-corrected chi connectivity index (χ1v) is 14.6. The number of benzene rings is 4. The SMILES string of the molecule is O=C(O)CCCCN(CCc1ccccc1OCc1ccc(CCc2ccc(F)cc2)cc1)Cc1ccc(C(=O)O)cc1. The van der Waals surface area contributed by atoms with Crippen LogP contribution in [0.2, 0.25) is 0 Å². The molecule has 6 nitrogen and oxygen atoms in total. The molecule has 4 aromatic rings. The van der Waals surface area contributed by atoms with Crippen molar-refractivity contribution >= 4 is 11.9 Å². The molecule has 0 aliphatic rings. The Kier molecular flexibility index (Phi) is 11.9. The van der Waals surface area contributed by atoms with Gasteiger partial charge in [-0.3, -0.25) is 9.69 Å². The molecule has 7 heteroatoms. The van der Waals surface area contributed by atoms with Gasteiger partial charge < -0.3 is 14.9 Å². The summed E-state index contributed by atoms with van der Waals surface area (Å²) in [7, 11) is 0. The fourth-order valence-corrected chi connectivity index (χ4v) is 4.93. The van der Waals surface area contributed by atoms with Gasteiger partial charge in [-0.05, 0) is 96.8 Å². The van der Waals surface area contributed by atoms with E-state index in [-0.39, 0.29) is 17.8 Å². The first-order chi connectivity index (χ1) is 20.9. The van der Waals surface area contributed by atoms with Gasteiger partial charge in [-0.15, -0.1) is 0 Å². The van der Waals surface area contributed by atoms with Crippen LogP contribution in [0.4, 0.5) is 4.39 Å². The second kappa shape index (κ2) is 16.2. The number of para-hydroxylation sites is 1. The molecule has 0 aromatic heterocycles. The predicted molar refractivity (Wildman–Crippen MR) is 165 cm³/mol. The number of carbonyl (C=O) groups is 2. The van der Waals surface area contributed by atoms with Crippen molar-refractivity contribution < 1.29 is 28.9 Å². The molecule has 0 saturated carbocycles. The normalized spacial score (nSPS) is 11.0. The fourth-order valence-electron chi connectivity index (χ4n) is 4.93. The number of nitrogens with zero attached hydrogens (tertiary/aromatic N) is 1. The van der Waals surface area contributed by atoms with E-state index < -0.39 is 11.9 Å². The van der Waals surface area contributed by atoms with Gasteiger partial charge in [0.25, 0.3) is 0 Å². The van der Waals surface area contributed by atoms with Crippen molar-refractivity contribution in [1.29, 1.82) is 0 Å². The molecule has 43 heavy (non-hydrogen) atoms. The van der Waals surface area contributed by atoms with Crippen LogP contribution < -0.4 is 4.74 Å². The summed E-state index contributed by atoms with van der Waals surface area (Å²) in [5, 5.41) is 18.2. The molecule has 4 aromatic carbocycles. The number of unbranched alkanes of at least 4 members (excludes halogenated alkanes) is 1. The molecule has 0 amide bonds. The van der Waals surface area contributed by atoms with Crippen LogP contribution in [0.3, 0.4) is 0 Å². The zero-order chi connectivity index (χ0) is 30.4. The largest absolute Gasteiger partial charge is 0.489 e. The van der Waals surface area contributed by atoms with Crippen LogP contribution in [0, 0.1) is 5.82 Å². The van der Waals surface area contributed by atoms with Crippen molar-refractivity contribution in [1.82, 2.24) is 4.90 Å². The van der Waals surface area contributed by atoms with Gasteiger partial charge >= 0.3 is 11.9 Å². The number of rotatable bonds is 17. The topological polar surface area (TPSA) is 87.1 Å². The number of aromatic carboxylic acids is 1. The van der Waals surface area contributed by atoms with E-state index in [9.17, 15) is 19.1 Å². The van der Waals surface area contributed by atoms with Crippen molar-refractivity contribution in [2.24, 2.45) is 0 Å². The van der Waals surface area contributed by atoms with E-state index in [1.807, 2.05) is 42.5 Å². The number of ether oxygens (including phenoxy) is 1. The molecule has 0 saturated heterocycles. The van der Waals surface area contributed by atoms with Gasteiger partial charge in [0.15, 0.2) is 0 Å². The van der Waals surface area contributed by atoms with Crippen LogP contribution in [0.25, 0.3) is 0 Å². The van der Waals surface area contributed by atoms with Crippen LogP contribution in [0.15, 0.2) is 97.1 Å². The van der Waals surface area contributed by atoms with Crippen LogP contribution in [-0.4, -0.2) is 40.1 Å². The van der Waals surface area contributed by atoms with Crippen LogP contribution in [0.5, 0.6) is 5.75 Å². The molecule has 4 rings (SSSR count). The highest BCUT2D eigenvalue weighted by atomic mass is 19.1. The summed E-state index contributed by atoms with van der Waals surface area (Å²) in [4.78, 5) is 24.5. The van der Waals surface area contributed by atoms with E-state index in [1.165, 1.54) is 17.7 Å². The summed E-state index contributed by atoms with van der Waals surface area (Å²) in [6.07, 6.45) is 4.00. The van der Waals surface area contributed by atoms with E-state index in [1.54, 1.807) is 12.1 Å². The van der Waals surface area contributed by atoms with E-state index in [0.717, 1.165) is 66.8 Å². The number of hydrogen-bond donors (Lipinski definition) is 2. The minimum atomic E-state index is -0.952. The highest BCUT2D eigenvalue weighted by Gasteiger charge is 2.11. The third-order valence-corrected chi connectivity index (χ3v) is 7.42. The van der Waals surface area contributed by atoms with E-state index >= 15 is 0 Å². The van der Waals surface area contributed by atoms with Crippen molar-refractivity contribution in [3.8, 4) is 5.75 Å². The second-order valence-electron chi connectivity index (χ2n) is 10.7. The number of halogens is 1. The highest BCUT2D eigenvalue weighted by Crippen LogP contribution is 2.21. The molecule has 0 aliphatic heterocycles. The lowest BCUT2D eigenvalue weighted by atomic mass is 10.0. The van der Waals surface area contributed by atoms with Gasteiger partial charge in [0.1, 0.15) is 18.2 Å². The Hall–Kier alpha value is -4.49. The molecule has 2 N–H and O–H groups in total. The number of aliphatic carboxylic acids is 1. The molecule has 0 radical (unpaired) electrons. The summed E-state index contributed by atoms with van der Waals surface area (Å²) in [5.74, 6) is -1.13. The van der Waals surface area contributed by atoms with Crippen molar-refractivity contribution in [2.45, 2.75) is 51.7 Å². The van der Waals surface area contributed by atoms with Crippen LogP contribution in [-0.2, 0) is 37.2 Å². The van der Waals surface area contributed by atoms with E-state index in [2.05, 4.69) is 35.2 Å². The third-order valence-electron chi connectivity index (χ3n) is 7.42. The molecule has 0 spiro atoms. The molecular formula is C36H38FNO5. The Balaban J connectivity index is 1.32. The van der Waals surface area contributed by atoms with Gasteiger partial charge in [-0.25, -0.2) is 9.18 Å². The van der Waals surface area contributed by atoms with Crippen molar-refractivity contribution in [3.05, 3.63) is 136 Å². The van der Waals surface area contributed by atoms with Crippen LogP contribution in [0.1, 0.15) is 57.4 Å². The molecule has 0 aliphatic carbocycles. The zero-order valence-electron chi connectivity index (χ0n) is 24.3. The fraction of sp³-hybridized carbons (Fsp3) is 0.278. The van der Waals surface area contributed by atoms with Gasteiger partial charge in [-0.1, -0.05) is 66.7 Å². The van der Waals surface area contributed by atoms with Crippen LogP contribution >= 0.6 is 0 Å². The maximum Gasteiger partial charge on any atom is 0.335 e. The lowest BCUT2D eigenvalue weighted by Crippen LogP contribution is -2.27. The molecular weight excluding hydrogens is 545 g/mol. The number of aryl methyl sites for hydroxylation is 2. The van der Waals surface area contributed by atoms with E-state index in [0.29, 0.717) is 19.6 Å². The third kappa shape index (κ3) is 10.7. The second-order valence-corrected chi connectivity index (χ2v) is 10.7. The number of hydrogen-bond acceptors (Lipinski definition) is 4. The lowest BCUT2D eigenvalue weighted by molar-refractivity contribution is -0.137. The Bertz CT molecular complexity index is 1450. The first kappa shape index (κ1) is 31.4. The molecule has 0 fully saturated rings. The average molecular weight is 584 g/mol. The molecule has 0 bridgehead atoms. The quantitative estimate of drug-likeness (QED) is 0.128. The maximum atomic E-state index is 13.1. The number of carboxylic acids is 2. The Labute approximate surface area is 252 Å². The van der Waals surface area contributed by atoms with Gasteiger partial charge in [0, 0.05) is 19.5 Å². The monoisotopic (exact) mass is 583 g/mol. The minimum Gasteiger partial charge on any atom is -0.489 e. The lowest BCUT2D eigenvalue weighted by Gasteiger charge is -2.23. The Morgan fingerprint density at radius 2 is 1.28 bits per heavy atom. The number of carboxylic acid groups (broad SMARTS) is 2. The molecule has 224 valence electrons. The Morgan fingerprint density at radius 1 is 0.674 bits per heavy atom. The highest BCUT2D eigenvalue weighted by molar-refractivity contribution is 5.87. The van der Waals surface area contributed by atoms with Gasteiger partial charge in [-0.2, -0.15) is 0 Å². The smallest absolute Gasteiger partial charge is 0.335 e. The zero-order valence-corrected chi connectivity index (χ0v) is 24.3. The summed E-state index contributed by atoms with van der Waals surface area (Å²) in [6.45, 7) is 2.58. The molecule has 0 unspecified atom stereocenters. The minimum absolute atomic E-state index is 0.146. The summed E-state index contributed by atoms with van der Waals surface area (Å²) < 4.78 is 19.4.